The predicted molar refractivity (Wildman–Crippen MR) is 71.5 cm³/mol. The summed E-state index contributed by atoms with van der Waals surface area (Å²) in [7, 11) is 1.66. The molecule has 20 heavy (non-hydrogen) atoms. The Hall–Kier alpha value is -1.07. The quantitative estimate of drug-likeness (QED) is 0.917. The van der Waals surface area contributed by atoms with Crippen molar-refractivity contribution in [1.29, 1.82) is 0 Å². The highest BCUT2D eigenvalue weighted by molar-refractivity contribution is 5.26. The average molecular weight is 287 g/mol. The van der Waals surface area contributed by atoms with Gasteiger partial charge in [0.2, 0.25) is 0 Å². The predicted octanol–water partition coefficient (Wildman–Crippen LogP) is 3.26. The number of nitrogens with one attached hydrogen (secondary N) is 1. The molecule has 0 bridgehead atoms. The van der Waals surface area contributed by atoms with Gasteiger partial charge in [0.15, 0.2) is 0 Å². The van der Waals surface area contributed by atoms with E-state index < -0.39 is 11.7 Å². The van der Waals surface area contributed by atoms with Crippen LogP contribution in [0.25, 0.3) is 0 Å². The van der Waals surface area contributed by atoms with E-state index in [9.17, 15) is 13.2 Å². The molecule has 0 spiro atoms. The SMILES string of the molecule is COCC1(C)CC(Cc2cccc(C(F)(F)F)c2)CN1. The highest BCUT2D eigenvalue weighted by Gasteiger charge is 2.35. The molecule has 5 heteroatoms. The monoisotopic (exact) mass is 287 g/mol. The lowest BCUT2D eigenvalue weighted by molar-refractivity contribution is -0.137. The van der Waals surface area contributed by atoms with Gasteiger partial charge in [-0.3, -0.25) is 0 Å². The minimum absolute atomic E-state index is 0.0684. The lowest BCUT2D eigenvalue weighted by atomic mass is 9.91. The van der Waals surface area contributed by atoms with E-state index in [2.05, 4.69) is 12.2 Å². The van der Waals surface area contributed by atoms with Crippen molar-refractivity contribution in [2.24, 2.45) is 5.92 Å². The third-order valence-electron chi connectivity index (χ3n) is 3.80. The van der Waals surface area contributed by atoms with Gasteiger partial charge >= 0.3 is 6.18 Å². The fourth-order valence-electron chi connectivity index (χ4n) is 2.95. The molecular formula is C15H20F3NO. The Morgan fingerprint density at radius 2 is 2.15 bits per heavy atom. The van der Waals surface area contributed by atoms with Crippen molar-refractivity contribution < 1.29 is 17.9 Å². The summed E-state index contributed by atoms with van der Waals surface area (Å²) >= 11 is 0. The lowest BCUT2D eigenvalue weighted by Gasteiger charge is -2.23. The normalized spacial score (nSPS) is 26.9. The largest absolute Gasteiger partial charge is 0.416 e. The molecule has 1 saturated heterocycles. The zero-order valence-corrected chi connectivity index (χ0v) is 11.8. The number of halogens is 3. The summed E-state index contributed by atoms with van der Waals surface area (Å²) in [4.78, 5) is 0. The van der Waals surface area contributed by atoms with Crippen molar-refractivity contribution in [3.05, 3.63) is 35.4 Å². The average Bonchev–Trinajstić information content (AvgIpc) is 2.70. The van der Waals surface area contributed by atoms with Gasteiger partial charge in [0.05, 0.1) is 12.2 Å². The van der Waals surface area contributed by atoms with Gasteiger partial charge in [0, 0.05) is 12.6 Å². The molecule has 1 heterocycles. The number of rotatable bonds is 4. The van der Waals surface area contributed by atoms with Crippen LogP contribution in [0.4, 0.5) is 13.2 Å². The summed E-state index contributed by atoms with van der Waals surface area (Å²) in [6, 6.07) is 5.62. The third-order valence-corrected chi connectivity index (χ3v) is 3.80. The Labute approximate surface area is 117 Å². The van der Waals surface area contributed by atoms with Crippen molar-refractivity contribution in [3.63, 3.8) is 0 Å². The summed E-state index contributed by atoms with van der Waals surface area (Å²) in [5, 5.41) is 3.40. The molecule has 0 aromatic heterocycles. The first-order valence-electron chi connectivity index (χ1n) is 6.72. The maximum atomic E-state index is 12.7. The first kappa shape index (κ1) is 15.3. The van der Waals surface area contributed by atoms with Gasteiger partial charge in [-0.15, -0.1) is 0 Å². The van der Waals surface area contributed by atoms with Crippen molar-refractivity contribution >= 4 is 0 Å². The summed E-state index contributed by atoms with van der Waals surface area (Å²) in [5.74, 6) is 0.346. The Kier molecular flexibility index (Phi) is 4.39. The molecule has 112 valence electrons. The highest BCUT2D eigenvalue weighted by atomic mass is 19.4. The molecule has 1 aromatic rings. The van der Waals surface area contributed by atoms with Crippen LogP contribution in [0.2, 0.25) is 0 Å². The van der Waals surface area contributed by atoms with E-state index in [1.807, 2.05) is 0 Å². The molecule has 0 aliphatic carbocycles. The van der Waals surface area contributed by atoms with Crippen LogP contribution in [0.5, 0.6) is 0 Å². The van der Waals surface area contributed by atoms with Crippen LogP contribution in [0.3, 0.4) is 0 Å². The van der Waals surface area contributed by atoms with Gasteiger partial charge in [0.1, 0.15) is 0 Å². The maximum absolute atomic E-state index is 12.7. The van der Waals surface area contributed by atoms with E-state index in [0.29, 0.717) is 18.9 Å². The molecule has 0 radical (unpaired) electrons. The Morgan fingerprint density at radius 3 is 2.80 bits per heavy atom. The van der Waals surface area contributed by atoms with Crippen molar-refractivity contribution in [2.45, 2.75) is 31.5 Å². The van der Waals surface area contributed by atoms with Crippen LogP contribution >= 0.6 is 0 Å². The minimum atomic E-state index is -4.27. The second-order valence-corrected chi connectivity index (χ2v) is 5.85. The van der Waals surface area contributed by atoms with E-state index in [0.717, 1.165) is 24.6 Å². The molecule has 0 amide bonds. The minimum Gasteiger partial charge on any atom is -0.383 e. The number of methoxy groups -OCH3 is 1. The summed E-state index contributed by atoms with van der Waals surface area (Å²) in [5.41, 5.74) is 0.107. The second kappa shape index (κ2) is 5.74. The van der Waals surface area contributed by atoms with Gasteiger partial charge in [-0.1, -0.05) is 18.2 Å². The molecule has 1 fully saturated rings. The number of alkyl halides is 3. The number of ether oxygens (including phenoxy) is 1. The molecule has 2 atom stereocenters. The number of hydrogen-bond acceptors (Lipinski definition) is 2. The van der Waals surface area contributed by atoms with Crippen LogP contribution in [0.15, 0.2) is 24.3 Å². The third kappa shape index (κ3) is 3.73. The van der Waals surface area contributed by atoms with Gasteiger partial charge in [0.25, 0.3) is 0 Å². The van der Waals surface area contributed by atoms with Crippen molar-refractivity contribution in [3.8, 4) is 0 Å². The first-order valence-corrected chi connectivity index (χ1v) is 6.72. The maximum Gasteiger partial charge on any atom is 0.416 e. The standard InChI is InChI=1S/C15H20F3NO/c1-14(10-20-2)8-12(9-19-14)6-11-4-3-5-13(7-11)15(16,17)18/h3-5,7,12,19H,6,8-10H2,1-2H3. The number of benzene rings is 1. The van der Waals surface area contributed by atoms with Crippen LogP contribution in [0, 0.1) is 5.92 Å². The molecule has 1 aliphatic rings. The Bertz CT molecular complexity index is 461. The fraction of sp³-hybridized carbons (Fsp3) is 0.600. The van der Waals surface area contributed by atoms with Crippen molar-refractivity contribution in [1.82, 2.24) is 5.32 Å². The van der Waals surface area contributed by atoms with Crippen LogP contribution in [-0.4, -0.2) is 25.8 Å². The van der Waals surface area contributed by atoms with E-state index in [-0.39, 0.29) is 5.54 Å². The zero-order valence-electron chi connectivity index (χ0n) is 11.8. The van der Waals surface area contributed by atoms with Gasteiger partial charge < -0.3 is 10.1 Å². The summed E-state index contributed by atoms with van der Waals surface area (Å²) in [6.07, 6.45) is -2.69. The molecule has 2 unspecified atom stereocenters. The van der Waals surface area contributed by atoms with E-state index in [4.69, 9.17) is 4.74 Å². The van der Waals surface area contributed by atoms with E-state index in [1.165, 1.54) is 12.1 Å². The molecule has 1 aromatic carbocycles. The van der Waals surface area contributed by atoms with Crippen LogP contribution < -0.4 is 5.32 Å². The Balaban J connectivity index is 2.01. The first-order chi connectivity index (χ1) is 9.32. The smallest absolute Gasteiger partial charge is 0.383 e. The van der Waals surface area contributed by atoms with E-state index in [1.54, 1.807) is 13.2 Å². The Morgan fingerprint density at radius 1 is 1.40 bits per heavy atom. The number of hydrogen-bond donors (Lipinski definition) is 1. The molecule has 0 saturated carbocycles. The molecule has 2 nitrogen and oxygen atoms in total. The topological polar surface area (TPSA) is 21.3 Å². The van der Waals surface area contributed by atoms with Gasteiger partial charge in [-0.2, -0.15) is 13.2 Å². The molecule has 1 N–H and O–H groups in total. The lowest BCUT2D eigenvalue weighted by Crippen LogP contribution is -2.40. The van der Waals surface area contributed by atoms with Gasteiger partial charge in [-0.25, -0.2) is 0 Å². The summed E-state index contributed by atoms with van der Waals surface area (Å²) < 4.78 is 43.2. The highest BCUT2D eigenvalue weighted by Crippen LogP contribution is 2.31. The van der Waals surface area contributed by atoms with Crippen LogP contribution in [0.1, 0.15) is 24.5 Å². The van der Waals surface area contributed by atoms with Crippen molar-refractivity contribution in [2.75, 3.05) is 20.3 Å². The van der Waals surface area contributed by atoms with Gasteiger partial charge in [-0.05, 0) is 43.9 Å². The van der Waals surface area contributed by atoms with Crippen LogP contribution in [-0.2, 0) is 17.3 Å². The van der Waals surface area contributed by atoms with E-state index >= 15 is 0 Å². The molecule has 2 rings (SSSR count). The molecule has 1 aliphatic heterocycles. The fourth-order valence-corrected chi connectivity index (χ4v) is 2.95. The summed E-state index contributed by atoms with van der Waals surface area (Å²) in [6.45, 7) is 3.52. The second-order valence-electron chi connectivity index (χ2n) is 5.85. The zero-order chi connectivity index (χ0) is 14.8. The molecular weight excluding hydrogens is 267 g/mol.